The lowest BCUT2D eigenvalue weighted by Gasteiger charge is -2.45. The molecule has 0 unspecified atom stereocenters. The highest BCUT2D eigenvalue weighted by Crippen LogP contribution is 2.19. The van der Waals surface area contributed by atoms with Crippen LogP contribution in [0.25, 0.3) is 0 Å². The van der Waals surface area contributed by atoms with E-state index < -0.39 is 12.1 Å². The van der Waals surface area contributed by atoms with Gasteiger partial charge in [0.25, 0.3) is 0 Å². The number of hydrogen-bond acceptors (Lipinski definition) is 4. The number of urea groups is 1. The van der Waals surface area contributed by atoms with Crippen molar-refractivity contribution in [1.82, 2.24) is 20.4 Å². The Balaban J connectivity index is 1.66. The predicted molar refractivity (Wildman–Crippen MR) is 94.5 cm³/mol. The Hall–Kier alpha value is -2.77. The largest absolute Gasteiger partial charge is 0.508 e. The fourth-order valence-electron chi connectivity index (χ4n) is 3.33. The minimum atomic E-state index is -0.648. The summed E-state index contributed by atoms with van der Waals surface area (Å²) in [5, 5.41) is 14.9. The van der Waals surface area contributed by atoms with Gasteiger partial charge in [-0.25, -0.2) is 4.79 Å². The van der Waals surface area contributed by atoms with Crippen LogP contribution in [0.4, 0.5) is 4.79 Å². The average molecular weight is 360 g/mol. The summed E-state index contributed by atoms with van der Waals surface area (Å²) in [6.07, 6.45) is 0.367. The van der Waals surface area contributed by atoms with Crippen LogP contribution >= 0.6 is 0 Å². The Morgan fingerprint density at radius 2 is 1.96 bits per heavy atom. The molecule has 1 aromatic rings. The van der Waals surface area contributed by atoms with Crippen molar-refractivity contribution < 1.29 is 19.5 Å². The van der Waals surface area contributed by atoms with Gasteiger partial charge in [0.05, 0.1) is 6.54 Å². The molecule has 0 spiro atoms. The van der Waals surface area contributed by atoms with Gasteiger partial charge in [-0.2, -0.15) is 0 Å². The fraction of sp³-hybridized carbons (Fsp3) is 0.500. The summed E-state index contributed by atoms with van der Waals surface area (Å²) < 4.78 is 0. The maximum absolute atomic E-state index is 12.8. The van der Waals surface area contributed by atoms with Crippen molar-refractivity contribution in [3.8, 4) is 5.75 Å². The van der Waals surface area contributed by atoms with E-state index in [1.807, 2.05) is 13.8 Å². The Kier molecular flexibility index (Phi) is 5.01. The number of benzene rings is 1. The molecule has 2 atom stereocenters. The van der Waals surface area contributed by atoms with Gasteiger partial charge in [0, 0.05) is 25.6 Å². The Morgan fingerprint density at radius 3 is 2.62 bits per heavy atom. The van der Waals surface area contributed by atoms with Gasteiger partial charge in [-0.3, -0.25) is 9.59 Å². The SMILES string of the molecule is CC(C)NC(=O)N1CCN2C(=O)[C@H](Cc3ccc(O)cc3)NC(=O)[C@@H]2C1. The number of piperazine rings is 2. The van der Waals surface area contributed by atoms with Gasteiger partial charge in [-0.05, 0) is 31.5 Å². The normalized spacial score (nSPS) is 22.9. The smallest absolute Gasteiger partial charge is 0.317 e. The molecule has 3 N–H and O–H groups in total. The number of phenolic OH excluding ortho intramolecular Hbond substituents is 1. The number of nitrogens with zero attached hydrogens (tertiary/aromatic N) is 2. The van der Waals surface area contributed by atoms with E-state index in [0.717, 1.165) is 5.56 Å². The zero-order chi connectivity index (χ0) is 18.8. The molecule has 2 aliphatic rings. The van der Waals surface area contributed by atoms with E-state index in [4.69, 9.17) is 0 Å². The van der Waals surface area contributed by atoms with Gasteiger partial charge in [0.2, 0.25) is 11.8 Å². The van der Waals surface area contributed by atoms with Crippen molar-refractivity contribution in [3.63, 3.8) is 0 Å². The molecule has 26 heavy (non-hydrogen) atoms. The van der Waals surface area contributed by atoms with Crippen LogP contribution in [0.1, 0.15) is 19.4 Å². The molecule has 0 bridgehead atoms. The number of nitrogens with one attached hydrogen (secondary N) is 2. The summed E-state index contributed by atoms with van der Waals surface area (Å²) >= 11 is 0. The molecule has 2 heterocycles. The molecule has 140 valence electrons. The van der Waals surface area contributed by atoms with Gasteiger partial charge in [-0.1, -0.05) is 12.1 Å². The van der Waals surface area contributed by atoms with E-state index in [-0.39, 0.29) is 36.2 Å². The van der Waals surface area contributed by atoms with Gasteiger partial charge >= 0.3 is 6.03 Å². The van der Waals surface area contributed by atoms with Crippen molar-refractivity contribution >= 4 is 17.8 Å². The summed E-state index contributed by atoms with van der Waals surface area (Å²) in [7, 11) is 0. The van der Waals surface area contributed by atoms with Crippen LogP contribution in [0.15, 0.2) is 24.3 Å². The summed E-state index contributed by atoms with van der Waals surface area (Å²) in [6, 6.07) is 5.09. The maximum atomic E-state index is 12.8. The van der Waals surface area contributed by atoms with E-state index in [1.54, 1.807) is 34.1 Å². The number of fused-ring (bicyclic) bond motifs is 1. The lowest BCUT2D eigenvalue weighted by molar-refractivity contribution is -0.152. The van der Waals surface area contributed by atoms with E-state index in [0.29, 0.717) is 19.5 Å². The molecule has 2 fully saturated rings. The zero-order valence-corrected chi connectivity index (χ0v) is 14.9. The molecule has 0 aliphatic carbocycles. The molecule has 2 aliphatic heterocycles. The minimum Gasteiger partial charge on any atom is -0.508 e. The van der Waals surface area contributed by atoms with Crippen molar-refractivity contribution in [3.05, 3.63) is 29.8 Å². The third kappa shape index (κ3) is 3.74. The molecule has 1 aromatic carbocycles. The second-order valence-corrected chi connectivity index (χ2v) is 7.03. The lowest BCUT2D eigenvalue weighted by Crippen LogP contribution is -2.70. The molecule has 4 amide bonds. The Labute approximate surface area is 152 Å². The van der Waals surface area contributed by atoms with Gasteiger partial charge in [0.15, 0.2) is 0 Å². The number of carbonyl (C=O) groups excluding carboxylic acids is 3. The standard InChI is InChI=1S/C18H24N4O4/c1-11(2)19-18(26)21-7-8-22-15(10-21)16(24)20-14(17(22)25)9-12-3-5-13(23)6-4-12/h3-6,11,14-15,23H,7-10H2,1-2H3,(H,19,26)(H,20,24)/t14-,15-/m0/s1. The molecule has 8 heteroatoms. The topological polar surface area (TPSA) is 102 Å². The van der Waals surface area contributed by atoms with Crippen LogP contribution in [0.5, 0.6) is 5.75 Å². The van der Waals surface area contributed by atoms with Gasteiger partial charge < -0.3 is 25.5 Å². The molecule has 0 radical (unpaired) electrons. The van der Waals surface area contributed by atoms with Crippen molar-refractivity contribution in [2.24, 2.45) is 0 Å². The molecule has 0 aromatic heterocycles. The third-order valence-corrected chi connectivity index (χ3v) is 4.66. The first kappa shape index (κ1) is 18.0. The van der Waals surface area contributed by atoms with Crippen LogP contribution in [-0.4, -0.2) is 70.5 Å². The van der Waals surface area contributed by atoms with Crippen LogP contribution < -0.4 is 10.6 Å². The van der Waals surface area contributed by atoms with Crippen LogP contribution in [0.2, 0.25) is 0 Å². The van der Waals surface area contributed by atoms with Crippen molar-refractivity contribution in [2.75, 3.05) is 19.6 Å². The molecular formula is C18H24N4O4. The number of aromatic hydroxyl groups is 1. The highest BCUT2D eigenvalue weighted by Gasteiger charge is 2.44. The number of carbonyl (C=O) groups is 3. The second-order valence-electron chi connectivity index (χ2n) is 7.03. The monoisotopic (exact) mass is 360 g/mol. The predicted octanol–water partition coefficient (Wildman–Crippen LogP) is 0.0639. The first-order valence-corrected chi connectivity index (χ1v) is 8.79. The van der Waals surface area contributed by atoms with Gasteiger partial charge in [-0.15, -0.1) is 0 Å². The van der Waals surface area contributed by atoms with E-state index >= 15 is 0 Å². The highest BCUT2D eigenvalue weighted by atomic mass is 16.3. The molecule has 8 nitrogen and oxygen atoms in total. The van der Waals surface area contributed by atoms with Crippen molar-refractivity contribution in [1.29, 1.82) is 0 Å². The van der Waals surface area contributed by atoms with Crippen molar-refractivity contribution in [2.45, 2.75) is 38.4 Å². The minimum absolute atomic E-state index is 0.0111. The van der Waals surface area contributed by atoms with Crippen LogP contribution in [-0.2, 0) is 16.0 Å². The quantitative estimate of drug-likeness (QED) is 0.710. The number of rotatable bonds is 3. The summed E-state index contributed by atoms with van der Waals surface area (Å²) in [5.41, 5.74) is 0.856. The van der Waals surface area contributed by atoms with E-state index in [1.165, 1.54) is 0 Å². The molecule has 0 saturated carbocycles. The average Bonchev–Trinajstić information content (AvgIpc) is 2.60. The first-order chi connectivity index (χ1) is 12.3. The summed E-state index contributed by atoms with van der Waals surface area (Å²) in [4.78, 5) is 40.6. The molecule has 3 rings (SSSR count). The summed E-state index contributed by atoms with van der Waals surface area (Å²) in [5.74, 6) is -0.217. The Morgan fingerprint density at radius 1 is 1.27 bits per heavy atom. The van der Waals surface area contributed by atoms with Crippen LogP contribution in [0.3, 0.4) is 0 Å². The highest BCUT2D eigenvalue weighted by molar-refractivity contribution is 5.97. The zero-order valence-electron chi connectivity index (χ0n) is 14.9. The maximum Gasteiger partial charge on any atom is 0.317 e. The molecule has 2 saturated heterocycles. The van der Waals surface area contributed by atoms with E-state index in [2.05, 4.69) is 10.6 Å². The number of amides is 4. The number of phenols is 1. The Bertz CT molecular complexity index is 704. The second kappa shape index (κ2) is 7.23. The van der Waals surface area contributed by atoms with Gasteiger partial charge in [0.1, 0.15) is 17.8 Å². The lowest BCUT2D eigenvalue weighted by atomic mass is 9.98. The fourth-order valence-corrected chi connectivity index (χ4v) is 3.33. The number of hydrogen-bond donors (Lipinski definition) is 3. The third-order valence-electron chi connectivity index (χ3n) is 4.66. The van der Waals surface area contributed by atoms with Crippen LogP contribution in [0, 0.1) is 0 Å². The summed E-state index contributed by atoms with van der Waals surface area (Å²) in [6.45, 7) is 4.69. The first-order valence-electron chi connectivity index (χ1n) is 8.79. The molecular weight excluding hydrogens is 336 g/mol. The van der Waals surface area contributed by atoms with E-state index in [9.17, 15) is 19.5 Å².